The first-order chi connectivity index (χ1) is 6.77. The lowest BCUT2D eigenvalue weighted by Crippen LogP contribution is -2.10. The first kappa shape index (κ1) is 10.6. The van der Waals surface area contributed by atoms with E-state index < -0.39 is 0 Å². The molecule has 0 saturated carbocycles. The van der Waals surface area contributed by atoms with E-state index in [0.29, 0.717) is 18.9 Å². The summed E-state index contributed by atoms with van der Waals surface area (Å²) in [5.74, 6) is 0.623. The fourth-order valence-corrected chi connectivity index (χ4v) is 1.12. The van der Waals surface area contributed by atoms with Gasteiger partial charge in [-0.2, -0.15) is 0 Å². The molecule has 3 nitrogen and oxygen atoms in total. The molecule has 0 amide bonds. The van der Waals surface area contributed by atoms with Gasteiger partial charge >= 0.3 is 0 Å². The predicted octanol–water partition coefficient (Wildman–Crippen LogP) is 1.76. The summed E-state index contributed by atoms with van der Waals surface area (Å²) >= 11 is 0. The Kier molecular flexibility index (Phi) is 4.01. The highest BCUT2D eigenvalue weighted by molar-refractivity contribution is 5.55. The van der Waals surface area contributed by atoms with Crippen molar-refractivity contribution < 1.29 is 9.84 Å². The van der Waals surface area contributed by atoms with Crippen LogP contribution in [0.5, 0.6) is 11.5 Å². The van der Waals surface area contributed by atoms with E-state index >= 15 is 0 Å². The maximum atomic E-state index is 9.54. The van der Waals surface area contributed by atoms with Gasteiger partial charge in [-0.3, -0.25) is 0 Å². The molecule has 3 N–H and O–H groups in total. The molecule has 3 heteroatoms. The third-order valence-electron chi connectivity index (χ3n) is 1.72. The smallest absolute Gasteiger partial charge is 0.161 e. The summed E-state index contributed by atoms with van der Waals surface area (Å²) in [6.45, 7) is 2.78. The van der Waals surface area contributed by atoms with Gasteiger partial charge in [0.1, 0.15) is 6.61 Å². The largest absolute Gasteiger partial charge is 0.504 e. The summed E-state index contributed by atoms with van der Waals surface area (Å²) in [7, 11) is 0. The van der Waals surface area contributed by atoms with Crippen LogP contribution in [0.15, 0.2) is 24.3 Å². The van der Waals surface area contributed by atoms with E-state index in [-0.39, 0.29) is 5.75 Å². The van der Waals surface area contributed by atoms with Crippen LogP contribution in [0.4, 0.5) is 0 Å². The number of phenols is 1. The fourth-order valence-electron chi connectivity index (χ4n) is 1.12. The zero-order valence-electron chi connectivity index (χ0n) is 8.23. The van der Waals surface area contributed by atoms with E-state index in [0.717, 1.165) is 5.56 Å². The SMILES string of the molecule is C/C=C/c1ccc(OCCN)c(O)c1. The van der Waals surface area contributed by atoms with Crippen LogP contribution in [-0.4, -0.2) is 18.3 Å². The van der Waals surface area contributed by atoms with Crippen molar-refractivity contribution in [3.8, 4) is 11.5 Å². The maximum absolute atomic E-state index is 9.54. The zero-order chi connectivity index (χ0) is 10.4. The molecule has 0 aliphatic carbocycles. The number of allylic oxidation sites excluding steroid dienone is 1. The maximum Gasteiger partial charge on any atom is 0.161 e. The van der Waals surface area contributed by atoms with Gasteiger partial charge in [0, 0.05) is 6.54 Å². The van der Waals surface area contributed by atoms with Gasteiger partial charge in [0.05, 0.1) is 0 Å². The normalized spacial score (nSPS) is 10.7. The van der Waals surface area contributed by atoms with Crippen molar-refractivity contribution in [2.75, 3.05) is 13.2 Å². The van der Waals surface area contributed by atoms with E-state index in [1.165, 1.54) is 0 Å². The molecule has 0 aromatic heterocycles. The van der Waals surface area contributed by atoms with Gasteiger partial charge in [-0.15, -0.1) is 0 Å². The Labute approximate surface area is 83.8 Å². The van der Waals surface area contributed by atoms with Crippen LogP contribution in [0.1, 0.15) is 12.5 Å². The van der Waals surface area contributed by atoms with Crippen molar-refractivity contribution in [1.82, 2.24) is 0 Å². The van der Waals surface area contributed by atoms with Gasteiger partial charge in [-0.25, -0.2) is 0 Å². The molecule has 0 saturated heterocycles. The molecule has 1 aromatic rings. The summed E-state index contributed by atoms with van der Waals surface area (Å²) in [6, 6.07) is 5.28. The van der Waals surface area contributed by atoms with Crippen LogP contribution in [-0.2, 0) is 0 Å². The monoisotopic (exact) mass is 193 g/mol. The Hall–Kier alpha value is -1.48. The molecule has 1 aromatic carbocycles. The Morgan fingerprint density at radius 3 is 2.86 bits per heavy atom. The molecule has 0 radical (unpaired) electrons. The average Bonchev–Trinajstić information content (AvgIpc) is 2.17. The molecule has 14 heavy (non-hydrogen) atoms. The summed E-state index contributed by atoms with van der Waals surface area (Å²) in [5, 5.41) is 9.54. The Balaban J connectivity index is 2.79. The quantitative estimate of drug-likeness (QED) is 0.766. The Morgan fingerprint density at radius 1 is 1.50 bits per heavy atom. The van der Waals surface area contributed by atoms with Crippen LogP contribution in [0.25, 0.3) is 6.08 Å². The minimum absolute atomic E-state index is 0.147. The van der Waals surface area contributed by atoms with E-state index in [9.17, 15) is 5.11 Å². The van der Waals surface area contributed by atoms with Crippen LogP contribution in [0.2, 0.25) is 0 Å². The van der Waals surface area contributed by atoms with E-state index in [4.69, 9.17) is 10.5 Å². The van der Waals surface area contributed by atoms with Gasteiger partial charge in [-0.1, -0.05) is 18.2 Å². The van der Waals surface area contributed by atoms with Crippen molar-refractivity contribution in [2.24, 2.45) is 5.73 Å². The highest BCUT2D eigenvalue weighted by Crippen LogP contribution is 2.27. The minimum atomic E-state index is 0.147. The van der Waals surface area contributed by atoms with Gasteiger partial charge in [0.2, 0.25) is 0 Å². The van der Waals surface area contributed by atoms with Crippen LogP contribution < -0.4 is 10.5 Å². The molecule has 0 unspecified atom stereocenters. The second kappa shape index (κ2) is 5.29. The lowest BCUT2D eigenvalue weighted by Gasteiger charge is -2.06. The predicted molar refractivity (Wildman–Crippen MR) is 57.4 cm³/mol. The molecular formula is C11H15NO2. The number of rotatable bonds is 4. The van der Waals surface area contributed by atoms with Gasteiger partial charge < -0.3 is 15.6 Å². The van der Waals surface area contributed by atoms with Crippen molar-refractivity contribution in [3.05, 3.63) is 29.8 Å². The highest BCUT2D eigenvalue weighted by atomic mass is 16.5. The molecule has 0 atom stereocenters. The van der Waals surface area contributed by atoms with Gasteiger partial charge in [0.25, 0.3) is 0 Å². The number of hydrogen-bond acceptors (Lipinski definition) is 3. The fraction of sp³-hybridized carbons (Fsp3) is 0.273. The number of aromatic hydroxyl groups is 1. The van der Waals surface area contributed by atoms with Crippen LogP contribution in [0.3, 0.4) is 0 Å². The summed E-state index contributed by atoms with van der Waals surface area (Å²) < 4.78 is 5.22. The third kappa shape index (κ3) is 2.78. The minimum Gasteiger partial charge on any atom is -0.504 e. The number of ether oxygens (including phenoxy) is 1. The molecule has 0 heterocycles. The van der Waals surface area contributed by atoms with E-state index in [1.807, 2.05) is 25.1 Å². The first-order valence-corrected chi connectivity index (χ1v) is 4.56. The Bertz CT molecular complexity index is 321. The number of phenolic OH excluding ortho intramolecular Hbond substituents is 1. The third-order valence-corrected chi connectivity index (χ3v) is 1.72. The first-order valence-electron chi connectivity index (χ1n) is 4.56. The number of hydrogen-bond donors (Lipinski definition) is 2. The van der Waals surface area contributed by atoms with Gasteiger partial charge in [0.15, 0.2) is 11.5 Å². The molecule has 0 fully saturated rings. The second-order valence-corrected chi connectivity index (χ2v) is 2.86. The van der Waals surface area contributed by atoms with Crippen molar-refractivity contribution in [2.45, 2.75) is 6.92 Å². The summed E-state index contributed by atoms with van der Waals surface area (Å²) in [6.07, 6.45) is 3.82. The molecule has 0 bridgehead atoms. The molecule has 1 rings (SSSR count). The van der Waals surface area contributed by atoms with E-state index in [1.54, 1.807) is 12.1 Å². The number of benzene rings is 1. The van der Waals surface area contributed by atoms with Crippen LogP contribution >= 0.6 is 0 Å². The Morgan fingerprint density at radius 2 is 2.29 bits per heavy atom. The molecule has 0 aliphatic rings. The second-order valence-electron chi connectivity index (χ2n) is 2.86. The summed E-state index contributed by atoms with van der Waals surface area (Å²) in [4.78, 5) is 0. The molecule has 0 spiro atoms. The van der Waals surface area contributed by atoms with E-state index in [2.05, 4.69) is 0 Å². The van der Waals surface area contributed by atoms with Crippen LogP contribution in [0, 0.1) is 0 Å². The highest BCUT2D eigenvalue weighted by Gasteiger charge is 2.01. The van der Waals surface area contributed by atoms with Gasteiger partial charge in [-0.05, 0) is 24.6 Å². The lowest BCUT2D eigenvalue weighted by molar-refractivity contribution is 0.308. The zero-order valence-corrected chi connectivity index (χ0v) is 8.23. The lowest BCUT2D eigenvalue weighted by atomic mass is 10.2. The molecule has 0 aliphatic heterocycles. The topological polar surface area (TPSA) is 55.5 Å². The standard InChI is InChI=1S/C11H15NO2/c1-2-3-9-4-5-11(10(13)8-9)14-7-6-12/h2-5,8,13H,6-7,12H2,1H3/b3-2+. The molecular weight excluding hydrogens is 178 g/mol. The summed E-state index contributed by atoms with van der Waals surface area (Å²) in [5.41, 5.74) is 6.24. The van der Waals surface area contributed by atoms with Crippen molar-refractivity contribution in [1.29, 1.82) is 0 Å². The molecule has 76 valence electrons. The van der Waals surface area contributed by atoms with Crippen molar-refractivity contribution >= 4 is 6.08 Å². The number of nitrogens with two attached hydrogens (primary N) is 1. The van der Waals surface area contributed by atoms with Crippen molar-refractivity contribution in [3.63, 3.8) is 0 Å². The average molecular weight is 193 g/mol.